The Labute approximate surface area is 149 Å². The first-order chi connectivity index (χ1) is 11.5. The highest BCUT2D eigenvalue weighted by atomic mass is 16.5. The number of rotatable bonds is 6. The van der Waals surface area contributed by atoms with Crippen molar-refractivity contribution in [1.29, 1.82) is 0 Å². The van der Waals surface area contributed by atoms with Crippen molar-refractivity contribution >= 4 is 5.97 Å². The minimum Gasteiger partial charge on any atom is -0.483 e. The van der Waals surface area contributed by atoms with E-state index in [1.807, 2.05) is 19.1 Å². The van der Waals surface area contributed by atoms with Gasteiger partial charge in [-0.15, -0.1) is 0 Å². The van der Waals surface area contributed by atoms with Crippen LogP contribution in [0.15, 0.2) is 40.8 Å². The summed E-state index contributed by atoms with van der Waals surface area (Å²) in [6.45, 7) is 13.1. The van der Waals surface area contributed by atoms with Gasteiger partial charge in [0.15, 0.2) is 6.10 Å². The molecule has 0 aliphatic rings. The van der Waals surface area contributed by atoms with Gasteiger partial charge in [0.05, 0.1) is 0 Å². The summed E-state index contributed by atoms with van der Waals surface area (Å²) in [4.78, 5) is 10.9. The van der Waals surface area contributed by atoms with Gasteiger partial charge in [0, 0.05) is 0 Å². The van der Waals surface area contributed by atoms with E-state index in [-0.39, 0.29) is 22.7 Å². The Balaban J connectivity index is 2.07. The van der Waals surface area contributed by atoms with Crippen LogP contribution in [0.1, 0.15) is 75.9 Å². The van der Waals surface area contributed by atoms with Crippen molar-refractivity contribution < 1.29 is 19.1 Å². The van der Waals surface area contributed by atoms with Crippen LogP contribution in [0.3, 0.4) is 0 Å². The van der Waals surface area contributed by atoms with Crippen molar-refractivity contribution in [3.63, 3.8) is 0 Å². The lowest BCUT2D eigenvalue weighted by Crippen LogP contribution is -2.24. The van der Waals surface area contributed by atoms with Gasteiger partial charge >= 0.3 is 5.97 Å². The van der Waals surface area contributed by atoms with Crippen LogP contribution in [0.4, 0.5) is 0 Å². The molecule has 1 heterocycles. The maximum absolute atomic E-state index is 10.9. The number of carbonyl (C=O) groups is 1. The molecule has 1 unspecified atom stereocenters. The van der Waals surface area contributed by atoms with E-state index in [2.05, 4.69) is 46.8 Å². The average Bonchev–Trinajstić information content (AvgIpc) is 2.95. The predicted octanol–water partition coefficient (Wildman–Crippen LogP) is 5.83. The van der Waals surface area contributed by atoms with Crippen molar-refractivity contribution in [3.8, 4) is 5.75 Å². The highest BCUT2D eigenvalue weighted by Gasteiger charge is 2.27. The monoisotopic (exact) mass is 344 g/mol. The number of benzene rings is 1. The van der Waals surface area contributed by atoms with Crippen molar-refractivity contribution in [2.75, 3.05) is 0 Å². The summed E-state index contributed by atoms with van der Waals surface area (Å²) >= 11 is 0. The van der Waals surface area contributed by atoms with Gasteiger partial charge in [0.1, 0.15) is 11.5 Å². The lowest BCUT2D eigenvalue weighted by Gasteiger charge is -2.33. The molecule has 0 saturated heterocycles. The molecule has 1 aromatic carbocycles. The predicted molar refractivity (Wildman–Crippen MR) is 98.3 cm³/mol. The van der Waals surface area contributed by atoms with Gasteiger partial charge in [-0.2, -0.15) is 0 Å². The van der Waals surface area contributed by atoms with Gasteiger partial charge in [0.25, 0.3) is 0 Å². The van der Waals surface area contributed by atoms with Crippen LogP contribution in [0.2, 0.25) is 0 Å². The third-order valence-electron chi connectivity index (χ3n) is 4.16. The highest BCUT2D eigenvalue weighted by molar-refractivity contribution is 5.84. The van der Waals surface area contributed by atoms with Gasteiger partial charge in [-0.1, -0.05) is 46.8 Å². The van der Waals surface area contributed by atoms with Crippen LogP contribution in [0.25, 0.3) is 0 Å². The summed E-state index contributed by atoms with van der Waals surface area (Å²) in [5.41, 5.74) is 1.61. The zero-order valence-corrected chi connectivity index (χ0v) is 15.9. The summed E-state index contributed by atoms with van der Waals surface area (Å²) in [7, 11) is 0. The molecular formula is C21H28O4. The Morgan fingerprint density at radius 1 is 1.08 bits per heavy atom. The number of hydrogen-bond donors (Lipinski definition) is 1. The summed E-state index contributed by atoms with van der Waals surface area (Å²) in [6, 6.07) is 11.2. The van der Waals surface area contributed by atoms with E-state index in [9.17, 15) is 4.79 Å². The Kier molecular flexibility index (Phi) is 5.31. The number of aromatic carboxylic acids is 1. The normalized spacial score (nSPS) is 13.5. The van der Waals surface area contributed by atoms with Crippen LogP contribution in [0, 0.1) is 5.41 Å². The molecule has 0 radical (unpaired) electrons. The van der Waals surface area contributed by atoms with Crippen LogP contribution < -0.4 is 4.74 Å². The summed E-state index contributed by atoms with van der Waals surface area (Å²) in [5.74, 6) is 0.0687. The first-order valence-electron chi connectivity index (χ1n) is 8.58. The molecule has 0 bridgehead atoms. The molecule has 25 heavy (non-hydrogen) atoms. The molecule has 0 aliphatic carbocycles. The van der Waals surface area contributed by atoms with E-state index < -0.39 is 5.97 Å². The smallest absolute Gasteiger partial charge is 0.371 e. The minimum absolute atomic E-state index is 0.0790. The third-order valence-corrected chi connectivity index (χ3v) is 4.16. The fourth-order valence-corrected chi connectivity index (χ4v) is 3.36. The average molecular weight is 344 g/mol. The minimum atomic E-state index is -1.08. The molecular weight excluding hydrogens is 316 g/mol. The third kappa shape index (κ3) is 5.12. The molecule has 136 valence electrons. The fourth-order valence-electron chi connectivity index (χ4n) is 3.36. The van der Waals surface area contributed by atoms with Crippen LogP contribution in [0.5, 0.6) is 5.75 Å². The molecule has 0 saturated carbocycles. The topological polar surface area (TPSA) is 59.7 Å². The zero-order valence-electron chi connectivity index (χ0n) is 15.9. The van der Waals surface area contributed by atoms with E-state index >= 15 is 0 Å². The number of carboxylic acid groups (broad SMARTS) is 1. The van der Waals surface area contributed by atoms with E-state index in [1.54, 1.807) is 6.07 Å². The highest BCUT2D eigenvalue weighted by Crippen LogP contribution is 2.37. The van der Waals surface area contributed by atoms with Gasteiger partial charge in [-0.25, -0.2) is 4.79 Å². The molecule has 2 aromatic rings. The first kappa shape index (κ1) is 19.1. The lowest BCUT2D eigenvalue weighted by molar-refractivity contribution is 0.0655. The molecule has 1 N–H and O–H groups in total. The molecule has 4 nitrogen and oxygen atoms in total. The van der Waals surface area contributed by atoms with Crippen molar-refractivity contribution in [1.82, 2.24) is 0 Å². The Morgan fingerprint density at radius 2 is 1.68 bits per heavy atom. The molecule has 4 heteroatoms. The standard InChI is InChI=1S/C21H28O4/c1-14(17-11-12-18(25-17)19(22)23)24-16-9-7-15(8-10-16)21(5,6)13-20(2,3)4/h7-12,14H,13H2,1-6H3,(H,22,23). The van der Waals surface area contributed by atoms with E-state index in [1.165, 1.54) is 11.6 Å². The van der Waals surface area contributed by atoms with Gasteiger partial charge in [-0.05, 0) is 54.0 Å². The largest absolute Gasteiger partial charge is 0.483 e. The molecule has 0 amide bonds. The molecule has 0 fully saturated rings. The Morgan fingerprint density at radius 3 is 2.16 bits per heavy atom. The maximum Gasteiger partial charge on any atom is 0.371 e. The van der Waals surface area contributed by atoms with Gasteiger partial charge in [0.2, 0.25) is 5.76 Å². The number of ether oxygens (including phenoxy) is 1. The van der Waals surface area contributed by atoms with Crippen molar-refractivity contribution in [2.24, 2.45) is 5.41 Å². The molecule has 0 spiro atoms. The first-order valence-corrected chi connectivity index (χ1v) is 8.58. The summed E-state index contributed by atoms with van der Waals surface area (Å²) < 4.78 is 11.2. The van der Waals surface area contributed by atoms with Gasteiger partial charge in [-0.3, -0.25) is 0 Å². The van der Waals surface area contributed by atoms with E-state index in [0.717, 1.165) is 12.2 Å². The molecule has 1 aromatic heterocycles. The van der Waals surface area contributed by atoms with Crippen molar-refractivity contribution in [3.05, 3.63) is 53.5 Å². The van der Waals surface area contributed by atoms with E-state index in [0.29, 0.717) is 5.76 Å². The van der Waals surface area contributed by atoms with E-state index in [4.69, 9.17) is 14.3 Å². The number of hydrogen-bond acceptors (Lipinski definition) is 3. The quantitative estimate of drug-likeness (QED) is 0.716. The summed E-state index contributed by atoms with van der Waals surface area (Å²) in [5, 5.41) is 8.92. The molecule has 2 rings (SSSR count). The maximum atomic E-state index is 10.9. The Bertz CT molecular complexity index is 717. The SMILES string of the molecule is CC(Oc1ccc(C(C)(C)CC(C)(C)C)cc1)c1ccc(C(=O)O)o1. The number of carboxylic acids is 1. The zero-order chi connectivity index (χ0) is 18.8. The second-order valence-electron chi connectivity index (χ2n) is 8.41. The summed E-state index contributed by atoms with van der Waals surface area (Å²) in [6.07, 6.45) is 0.725. The Hall–Kier alpha value is -2.23. The van der Waals surface area contributed by atoms with Crippen molar-refractivity contribution in [2.45, 2.75) is 59.5 Å². The fraction of sp³-hybridized carbons (Fsp3) is 0.476. The molecule has 0 aliphatic heterocycles. The van der Waals surface area contributed by atoms with Crippen LogP contribution in [-0.2, 0) is 5.41 Å². The van der Waals surface area contributed by atoms with Gasteiger partial charge < -0.3 is 14.3 Å². The van der Waals surface area contributed by atoms with Crippen LogP contribution in [-0.4, -0.2) is 11.1 Å². The number of furan rings is 1. The molecule has 1 atom stereocenters. The second-order valence-corrected chi connectivity index (χ2v) is 8.41. The lowest BCUT2D eigenvalue weighted by atomic mass is 9.72. The second kappa shape index (κ2) is 6.95. The van der Waals surface area contributed by atoms with Crippen LogP contribution >= 0.6 is 0 Å².